The summed E-state index contributed by atoms with van der Waals surface area (Å²) in [5, 5.41) is 6.31. The molecule has 0 radical (unpaired) electrons. The maximum absolute atomic E-state index is 12.3. The van der Waals surface area contributed by atoms with Crippen LogP contribution in [0.3, 0.4) is 0 Å². The number of hydrogen-bond acceptors (Lipinski definition) is 4. The predicted molar refractivity (Wildman–Crippen MR) is 90.2 cm³/mol. The maximum atomic E-state index is 12.3. The number of benzene rings is 1. The molecule has 2 aliphatic heterocycles. The minimum absolute atomic E-state index is 0.0430. The van der Waals surface area contributed by atoms with Gasteiger partial charge in [0.15, 0.2) is 0 Å². The number of ether oxygens (including phenoxy) is 1. The minimum atomic E-state index is -0.238. The fraction of sp³-hybridized carbons (Fsp3) is 0.611. The normalized spacial score (nSPS) is 26.3. The quantitative estimate of drug-likeness (QED) is 0.867. The molecule has 1 amide bonds. The lowest BCUT2D eigenvalue weighted by Gasteiger charge is -2.34. The standard InChI is InChI=1S/C18H27N3O2/c1-13(11-20-18(22)17-14(2)23-10-8-19-17)21-9-7-15-5-3-4-6-16(15)12-21/h3-6,13-14,17,19H,7-12H2,1-2H3,(H,20,22)/t13?,14-,17+/m1/s1. The molecule has 1 aromatic rings. The first kappa shape index (κ1) is 16.4. The lowest BCUT2D eigenvalue weighted by atomic mass is 9.99. The van der Waals surface area contributed by atoms with Crippen molar-refractivity contribution in [1.82, 2.24) is 15.5 Å². The largest absolute Gasteiger partial charge is 0.375 e. The molecule has 1 unspecified atom stereocenters. The molecule has 23 heavy (non-hydrogen) atoms. The van der Waals surface area contributed by atoms with Crippen molar-refractivity contribution in [2.75, 3.05) is 26.2 Å². The summed E-state index contributed by atoms with van der Waals surface area (Å²) >= 11 is 0. The first-order valence-corrected chi connectivity index (χ1v) is 8.58. The first-order valence-electron chi connectivity index (χ1n) is 8.58. The molecule has 2 N–H and O–H groups in total. The molecular formula is C18H27N3O2. The van der Waals surface area contributed by atoms with Crippen LogP contribution >= 0.6 is 0 Å². The van der Waals surface area contributed by atoms with Gasteiger partial charge in [0, 0.05) is 32.2 Å². The molecule has 0 aromatic heterocycles. The highest BCUT2D eigenvalue weighted by Gasteiger charge is 2.29. The molecule has 5 heteroatoms. The average Bonchev–Trinajstić information content (AvgIpc) is 2.59. The Morgan fingerprint density at radius 3 is 3.00 bits per heavy atom. The van der Waals surface area contributed by atoms with Crippen molar-refractivity contribution in [3.05, 3.63) is 35.4 Å². The fourth-order valence-corrected chi connectivity index (χ4v) is 3.41. The van der Waals surface area contributed by atoms with Crippen LogP contribution < -0.4 is 10.6 Å². The summed E-state index contributed by atoms with van der Waals surface area (Å²) in [6.45, 7) is 8.23. The van der Waals surface area contributed by atoms with Crippen LogP contribution in [0.2, 0.25) is 0 Å². The second-order valence-corrected chi connectivity index (χ2v) is 6.59. The lowest BCUT2D eigenvalue weighted by Crippen LogP contribution is -2.57. The Morgan fingerprint density at radius 1 is 1.43 bits per heavy atom. The zero-order chi connectivity index (χ0) is 16.2. The van der Waals surface area contributed by atoms with Crippen molar-refractivity contribution in [3.63, 3.8) is 0 Å². The summed E-state index contributed by atoms with van der Waals surface area (Å²) in [5.41, 5.74) is 2.87. The number of carbonyl (C=O) groups is 1. The van der Waals surface area contributed by atoms with E-state index in [-0.39, 0.29) is 18.1 Å². The van der Waals surface area contributed by atoms with Crippen molar-refractivity contribution in [3.8, 4) is 0 Å². The number of nitrogens with one attached hydrogen (secondary N) is 2. The van der Waals surface area contributed by atoms with E-state index >= 15 is 0 Å². The van der Waals surface area contributed by atoms with Crippen molar-refractivity contribution < 1.29 is 9.53 Å². The molecule has 1 saturated heterocycles. The summed E-state index contributed by atoms with van der Waals surface area (Å²) in [6.07, 6.45) is 1.02. The van der Waals surface area contributed by atoms with Crippen molar-refractivity contribution in [2.24, 2.45) is 0 Å². The Balaban J connectivity index is 1.50. The van der Waals surface area contributed by atoms with Gasteiger partial charge in [-0.1, -0.05) is 24.3 Å². The van der Waals surface area contributed by atoms with E-state index < -0.39 is 0 Å². The van der Waals surface area contributed by atoms with Gasteiger partial charge in [-0.3, -0.25) is 9.69 Å². The summed E-state index contributed by atoms with van der Waals surface area (Å²) in [4.78, 5) is 14.8. The molecule has 126 valence electrons. The van der Waals surface area contributed by atoms with E-state index in [0.29, 0.717) is 19.2 Å². The third kappa shape index (κ3) is 3.91. The Bertz CT molecular complexity index is 549. The number of hydrogen-bond donors (Lipinski definition) is 2. The molecule has 1 aromatic carbocycles. The minimum Gasteiger partial charge on any atom is -0.375 e. The Hall–Kier alpha value is -1.43. The van der Waals surface area contributed by atoms with Crippen LogP contribution in [0.4, 0.5) is 0 Å². The molecule has 3 rings (SSSR count). The van der Waals surface area contributed by atoms with E-state index in [0.717, 1.165) is 26.1 Å². The van der Waals surface area contributed by atoms with Crippen molar-refractivity contribution >= 4 is 5.91 Å². The zero-order valence-corrected chi connectivity index (χ0v) is 14.0. The Morgan fingerprint density at radius 2 is 2.22 bits per heavy atom. The van der Waals surface area contributed by atoms with Crippen molar-refractivity contribution in [1.29, 1.82) is 0 Å². The molecule has 2 aliphatic rings. The van der Waals surface area contributed by atoms with Crippen LogP contribution in [-0.4, -0.2) is 55.2 Å². The smallest absolute Gasteiger partial charge is 0.239 e. The number of morpholine rings is 1. The van der Waals surface area contributed by atoms with E-state index in [1.165, 1.54) is 11.1 Å². The number of amides is 1. The number of nitrogens with zero attached hydrogens (tertiary/aromatic N) is 1. The molecule has 0 saturated carbocycles. The fourth-order valence-electron chi connectivity index (χ4n) is 3.41. The predicted octanol–water partition coefficient (Wildman–Crippen LogP) is 0.926. The Kier molecular flexibility index (Phi) is 5.30. The molecular weight excluding hydrogens is 290 g/mol. The highest BCUT2D eigenvalue weighted by Crippen LogP contribution is 2.20. The van der Waals surface area contributed by atoms with Gasteiger partial charge in [0.05, 0.1) is 12.7 Å². The van der Waals surface area contributed by atoms with Gasteiger partial charge in [-0.25, -0.2) is 0 Å². The highest BCUT2D eigenvalue weighted by molar-refractivity contribution is 5.82. The topological polar surface area (TPSA) is 53.6 Å². The number of rotatable bonds is 4. The monoisotopic (exact) mass is 317 g/mol. The Labute approximate surface area is 138 Å². The van der Waals surface area contributed by atoms with Crippen LogP contribution in [-0.2, 0) is 22.5 Å². The van der Waals surface area contributed by atoms with Crippen LogP contribution in [0, 0.1) is 0 Å². The van der Waals surface area contributed by atoms with Gasteiger partial charge in [-0.2, -0.15) is 0 Å². The second kappa shape index (κ2) is 7.43. The maximum Gasteiger partial charge on any atom is 0.239 e. The zero-order valence-electron chi connectivity index (χ0n) is 14.0. The van der Waals surface area contributed by atoms with E-state index in [1.54, 1.807) is 0 Å². The summed E-state index contributed by atoms with van der Waals surface area (Å²) < 4.78 is 5.54. The van der Waals surface area contributed by atoms with Gasteiger partial charge in [0.2, 0.25) is 5.91 Å². The van der Waals surface area contributed by atoms with Crippen LogP contribution in [0.15, 0.2) is 24.3 Å². The molecule has 3 atom stereocenters. The molecule has 2 heterocycles. The third-order valence-electron chi connectivity index (χ3n) is 4.95. The number of carbonyl (C=O) groups excluding carboxylic acids is 1. The van der Waals surface area contributed by atoms with E-state index in [4.69, 9.17) is 4.74 Å². The van der Waals surface area contributed by atoms with Crippen LogP contribution in [0.25, 0.3) is 0 Å². The summed E-state index contributed by atoms with van der Waals surface area (Å²) in [7, 11) is 0. The van der Waals surface area contributed by atoms with E-state index in [9.17, 15) is 4.79 Å². The first-order chi connectivity index (χ1) is 11.1. The third-order valence-corrected chi connectivity index (χ3v) is 4.95. The van der Waals surface area contributed by atoms with Crippen LogP contribution in [0.5, 0.6) is 0 Å². The van der Waals surface area contributed by atoms with Gasteiger partial charge in [0.1, 0.15) is 6.04 Å². The van der Waals surface area contributed by atoms with Gasteiger partial charge >= 0.3 is 0 Å². The number of fused-ring (bicyclic) bond motifs is 1. The van der Waals surface area contributed by atoms with Crippen LogP contribution in [0.1, 0.15) is 25.0 Å². The second-order valence-electron chi connectivity index (χ2n) is 6.59. The van der Waals surface area contributed by atoms with Gasteiger partial charge in [-0.05, 0) is 31.4 Å². The molecule has 0 spiro atoms. The SMILES string of the molecule is CC(CNC(=O)[C@H]1NCCO[C@@H]1C)N1CCc2ccccc2C1. The summed E-state index contributed by atoms with van der Waals surface area (Å²) in [6, 6.07) is 8.72. The lowest BCUT2D eigenvalue weighted by molar-refractivity contribution is -0.129. The molecule has 0 bridgehead atoms. The van der Waals surface area contributed by atoms with Crippen molar-refractivity contribution in [2.45, 2.75) is 45.0 Å². The highest BCUT2D eigenvalue weighted by atomic mass is 16.5. The van der Waals surface area contributed by atoms with E-state index in [2.05, 4.69) is 46.7 Å². The molecule has 5 nitrogen and oxygen atoms in total. The average molecular weight is 317 g/mol. The van der Waals surface area contributed by atoms with Gasteiger partial charge in [0.25, 0.3) is 0 Å². The van der Waals surface area contributed by atoms with Gasteiger partial charge < -0.3 is 15.4 Å². The molecule has 0 aliphatic carbocycles. The summed E-state index contributed by atoms with van der Waals surface area (Å²) in [5.74, 6) is 0.0430. The van der Waals surface area contributed by atoms with E-state index in [1.807, 2.05) is 6.92 Å². The van der Waals surface area contributed by atoms with Gasteiger partial charge in [-0.15, -0.1) is 0 Å². The molecule has 1 fully saturated rings.